The van der Waals surface area contributed by atoms with Crippen LogP contribution in [0.5, 0.6) is 0 Å². The van der Waals surface area contributed by atoms with E-state index in [1.54, 1.807) is 7.11 Å². The fraction of sp³-hybridized carbons (Fsp3) is 1.00. The third-order valence-corrected chi connectivity index (χ3v) is 3.49. The largest absolute Gasteiger partial charge is 0.393 e. The molecule has 0 aromatic rings. The second-order valence-corrected chi connectivity index (χ2v) is 4.65. The normalized spacial score (nSPS) is 23.4. The lowest BCUT2D eigenvalue weighted by molar-refractivity contribution is 0.0268. The molecule has 2 atom stereocenters. The van der Waals surface area contributed by atoms with Gasteiger partial charge in [0.15, 0.2) is 0 Å². The number of ether oxygens (including phenoxy) is 1. The van der Waals surface area contributed by atoms with Gasteiger partial charge in [0.25, 0.3) is 0 Å². The van der Waals surface area contributed by atoms with Crippen molar-refractivity contribution in [1.82, 2.24) is 0 Å². The summed E-state index contributed by atoms with van der Waals surface area (Å²) < 4.78 is 5.04. The van der Waals surface area contributed by atoms with E-state index in [1.165, 1.54) is 32.1 Å². The first-order valence-electron chi connectivity index (χ1n) is 5.92. The van der Waals surface area contributed by atoms with Crippen molar-refractivity contribution in [3.8, 4) is 0 Å². The van der Waals surface area contributed by atoms with Crippen LogP contribution in [-0.4, -0.2) is 24.9 Å². The summed E-state index contributed by atoms with van der Waals surface area (Å²) in [5.74, 6) is 0.939. The smallest absolute Gasteiger partial charge is 0.0594 e. The summed E-state index contributed by atoms with van der Waals surface area (Å²) in [4.78, 5) is 0. The summed E-state index contributed by atoms with van der Waals surface area (Å²) in [6, 6.07) is 0. The molecule has 0 heterocycles. The van der Waals surface area contributed by atoms with Crippen molar-refractivity contribution in [1.29, 1.82) is 0 Å². The van der Waals surface area contributed by atoms with Crippen LogP contribution in [0, 0.1) is 11.8 Å². The Morgan fingerprint density at radius 3 is 2.50 bits per heavy atom. The highest BCUT2D eigenvalue weighted by Gasteiger charge is 2.25. The van der Waals surface area contributed by atoms with Crippen LogP contribution in [0.1, 0.15) is 45.4 Å². The van der Waals surface area contributed by atoms with Gasteiger partial charge in [-0.3, -0.25) is 0 Å². The van der Waals surface area contributed by atoms with Crippen molar-refractivity contribution in [2.45, 2.75) is 51.6 Å². The summed E-state index contributed by atoms with van der Waals surface area (Å²) >= 11 is 0. The molecular formula is C12H24O2. The molecule has 14 heavy (non-hydrogen) atoms. The Labute approximate surface area is 87.7 Å². The van der Waals surface area contributed by atoms with Gasteiger partial charge in [-0.05, 0) is 31.1 Å². The standard InChI is InChI=1S/C12H24O2/c1-10(8-9-14-2)12(13)11-6-4-3-5-7-11/h10-13H,3-9H2,1-2H3. The van der Waals surface area contributed by atoms with Gasteiger partial charge in [-0.1, -0.05) is 26.2 Å². The topological polar surface area (TPSA) is 29.5 Å². The molecule has 0 amide bonds. The molecule has 0 saturated heterocycles. The van der Waals surface area contributed by atoms with Crippen LogP contribution in [0.15, 0.2) is 0 Å². The van der Waals surface area contributed by atoms with E-state index in [4.69, 9.17) is 4.74 Å². The summed E-state index contributed by atoms with van der Waals surface area (Å²) in [6.07, 6.45) is 7.28. The Balaban J connectivity index is 2.26. The van der Waals surface area contributed by atoms with Gasteiger partial charge in [0.2, 0.25) is 0 Å². The van der Waals surface area contributed by atoms with E-state index in [-0.39, 0.29) is 6.10 Å². The molecule has 1 N–H and O–H groups in total. The van der Waals surface area contributed by atoms with Gasteiger partial charge in [0.1, 0.15) is 0 Å². The fourth-order valence-corrected chi connectivity index (χ4v) is 2.41. The summed E-state index contributed by atoms with van der Waals surface area (Å²) in [5.41, 5.74) is 0. The Bertz CT molecular complexity index is 141. The Hall–Kier alpha value is -0.0800. The molecule has 0 aromatic heterocycles. The predicted octanol–water partition coefficient (Wildman–Crippen LogP) is 2.60. The van der Waals surface area contributed by atoms with E-state index in [1.807, 2.05) is 0 Å². The molecule has 2 heteroatoms. The van der Waals surface area contributed by atoms with Crippen molar-refractivity contribution in [2.75, 3.05) is 13.7 Å². The highest BCUT2D eigenvalue weighted by atomic mass is 16.5. The minimum Gasteiger partial charge on any atom is -0.393 e. The number of hydrogen-bond acceptors (Lipinski definition) is 2. The number of aliphatic hydroxyl groups excluding tert-OH is 1. The monoisotopic (exact) mass is 200 g/mol. The van der Waals surface area contributed by atoms with Crippen LogP contribution in [0.25, 0.3) is 0 Å². The highest BCUT2D eigenvalue weighted by molar-refractivity contribution is 4.76. The molecular weight excluding hydrogens is 176 g/mol. The van der Waals surface area contributed by atoms with Crippen molar-refractivity contribution in [2.24, 2.45) is 11.8 Å². The maximum absolute atomic E-state index is 10.1. The minimum absolute atomic E-state index is 0.106. The first-order valence-corrected chi connectivity index (χ1v) is 5.92. The SMILES string of the molecule is COCCC(C)C(O)C1CCCCC1. The average Bonchev–Trinajstić information content (AvgIpc) is 2.26. The van der Waals surface area contributed by atoms with Gasteiger partial charge in [-0.25, -0.2) is 0 Å². The van der Waals surface area contributed by atoms with Crippen molar-refractivity contribution in [3.63, 3.8) is 0 Å². The Kier molecular flexibility index (Phi) is 5.49. The maximum atomic E-state index is 10.1. The lowest BCUT2D eigenvalue weighted by atomic mass is 9.80. The van der Waals surface area contributed by atoms with Gasteiger partial charge < -0.3 is 9.84 Å². The predicted molar refractivity (Wildman–Crippen MR) is 58.2 cm³/mol. The highest BCUT2D eigenvalue weighted by Crippen LogP contribution is 2.30. The Morgan fingerprint density at radius 1 is 1.29 bits per heavy atom. The number of rotatable bonds is 5. The zero-order valence-electron chi connectivity index (χ0n) is 9.54. The molecule has 2 unspecified atom stereocenters. The number of hydrogen-bond donors (Lipinski definition) is 1. The van der Waals surface area contributed by atoms with Crippen LogP contribution < -0.4 is 0 Å². The number of aliphatic hydroxyl groups is 1. The Morgan fingerprint density at radius 2 is 1.93 bits per heavy atom. The van der Waals surface area contributed by atoms with Gasteiger partial charge in [-0.15, -0.1) is 0 Å². The average molecular weight is 200 g/mol. The van der Waals surface area contributed by atoms with Crippen molar-refractivity contribution in [3.05, 3.63) is 0 Å². The fourth-order valence-electron chi connectivity index (χ4n) is 2.41. The third kappa shape index (κ3) is 3.58. The molecule has 84 valence electrons. The number of methoxy groups -OCH3 is 1. The second kappa shape index (κ2) is 6.41. The van der Waals surface area contributed by atoms with Crippen LogP contribution in [0.3, 0.4) is 0 Å². The lowest BCUT2D eigenvalue weighted by Gasteiger charge is -2.30. The molecule has 0 aromatic carbocycles. The van der Waals surface area contributed by atoms with Gasteiger partial charge >= 0.3 is 0 Å². The van der Waals surface area contributed by atoms with E-state index in [0.29, 0.717) is 11.8 Å². The second-order valence-electron chi connectivity index (χ2n) is 4.65. The van der Waals surface area contributed by atoms with E-state index < -0.39 is 0 Å². The molecule has 1 aliphatic rings. The molecule has 2 nitrogen and oxygen atoms in total. The van der Waals surface area contributed by atoms with E-state index >= 15 is 0 Å². The summed E-state index contributed by atoms with van der Waals surface area (Å²) in [6.45, 7) is 2.91. The summed E-state index contributed by atoms with van der Waals surface area (Å²) in [5, 5.41) is 10.1. The van der Waals surface area contributed by atoms with Crippen LogP contribution in [-0.2, 0) is 4.74 Å². The summed E-state index contributed by atoms with van der Waals surface area (Å²) in [7, 11) is 1.72. The first-order chi connectivity index (χ1) is 6.75. The van der Waals surface area contributed by atoms with E-state index in [9.17, 15) is 5.11 Å². The van der Waals surface area contributed by atoms with Gasteiger partial charge in [0, 0.05) is 13.7 Å². The maximum Gasteiger partial charge on any atom is 0.0594 e. The van der Waals surface area contributed by atoms with Crippen LogP contribution in [0.2, 0.25) is 0 Å². The molecule has 0 aliphatic heterocycles. The minimum atomic E-state index is -0.106. The quantitative estimate of drug-likeness (QED) is 0.739. The zero-order valence-corrected chi connectivity index (χ0v) is 9.54. The molecule has 0 bridgehead atoms. The van der Waals surface area contributed by atoms with Crippen molar-refractivity contribution >= 4 is 0 Å². The molecule has 1 fully saturated rings. The molecule has 0 spiro atoms. The van der Waals surface area contributed by atoms with Crippen LogP contribution in [0.4, 0.5) is 0 Å². The van der Waals surface area contributed by atoms with Gasteiger partial charge in [0.05, 0.1) is 6.10 Å². The van der Waals surface area contributed by atoms with E-state index in [0.717, 1.165) is 13.0 Å². The van der Waals surface area contributed by atoms with Crippen LogP contribution >= 0.6 is 0 Å². The lowest BCUT2D eigenvalue weighted by Crippen LogP contribution is -2.29. The first kappa shape index (κ1) is 12.0. The molecule has 0 radical (unpaired) electrons. The van der Waals surface area contributed by atoms with Crippen molar-refractivity contribution < 1.29 is 9.84 Å². The molecule has 1 rings (SSSR count). The zero-order chi connectivity index (χ0) is 10.4. The molecule has 1 aliphatic carbocycles. The third-order valence-electron chi connectivity index (χ3n) is 3.49. The van der Waals surface area contributed by atoms with E-state index in [2.05, 4.69) is 6.92 Å². The molecule has 1 saturated carbocycles. The van der Waals surface area contributed by atoms with Gasteiger partial charge in [-0.2, -0.15) is 0 Å².